The maximum Gasteiger partial charge on any atom is 0.358 e. The average molecular weight is 538 g/mol. The summed E-state index contributed by atoms with van der Waals surface area (Å²) >= 11 is 3.41. The average Bonchev–Trinajstić information content (AvgIpc) is 3.08. The van der Waals surface area contributed by atoms with Crippen LogP contribution >= 0.6 is 15.9 Å². The Morgan fingerprint density at radius 3 is 2.40 bits per heavy atom. The summed E-state index contributed by atoms with van der Waals surface area (Å²) in [6, 6.07) is 15.8. The Kier molecular flexibility index (Phi) is 6.58. The molecule has 2 N–H and O–H groups in total. The van der Waals surface area contributed by atoms with Gasteiger partial charge < -0.3 is 10.5 Å². The second kappa shape index (κ2) is 9.46. The molecule has 0 aliphatic carbocycles. The fraction of sp³-hybridized carbons (Fsp3) is 0.240. The number of carbonyl (C=O) groups excluding carboxylic acids is 2. The summed E-state index contributed by atoms with van der Waals surface area (Å²) in [4.78, 5) is 46.4. The molecule has 10 heteroatoms. The number of hydrogen-bond acceptors (Lipinski definition) is 7. The standard InChI is InChI=1S/C25H24BrN5O4/c1-25(2,3)35-18(32)13-15-8-7-9-16(12-15)14-30-21-19(28-23(30)26)20(27)31(24(34)29-21)22(33)17-10-5-4-6-11-17/h4-12H,13-14,27H2,1-3H3. The van der Waals surface area contributed by atoms with Crippen LogP contribution in [0.1, 0.15) is 42.3 Å². The molecule has 0 saturated heterocycles. The molecule has 35 heavy (non-hydrogen) atoms. The van der Waals surface area contributed by atoms with Gasteiger partial charge in [0, 0.05) is 5.56 Å². The second-order valence-corrected chi connectivity index (χ2v) is 9.72. The molecule has 2 aromatic carbocycles. The van der Waals surface area contributed by atoms with Gasteiger partial charge in [-0.25, -0.2) is 14.3 Å². The summed E-state index contributed by atoms with van der Waals surface area (Å²) in [6.07, 6.45) is 0.133. The number of benzene rings is 2. The minimum Gasteiger partial charge on any atom is -0.460 e. The summed E-state index contributed by atoms with van der Waals surface area (Å²) in [7, 11) is 0. The van der Waals surface area contributed by atoms with Crippen LogP contribution in [0.3, 0.4) is 0 Å². The zero-order valence-electron chi connectivity index (χ0n) is 19.5. The van der Waals surface area contributed by atoms with Crippen LogP contribution in [-0.4, -0.2) is 36.6 Å². The SMILES string of the molecule is CC(C)(C)OC(=O)Cc1cccc(Cn2c(Br)nc3c(N)n(C(=O)c4ccccc4)c(=O)nc32)c1. The monoisotopic (exact) mass is 537 g/mol. The van der Waals surface area contributed by atoms with Crippen molar-refractivity contribution in [1.29, 1.82) is 0 Å². The highest BCUT2D eigenvalue weighted by atomic mass is 79.9. The topological polar surface area (TPSA) is 122 Å². The number of aromatic nitrogens is 4. The van der Waals surface area contributed by atoms with E-state index in [9.17, 15) is 14.4 Å². The number of fused-ring (bicyclic) bond motifs is 1. The molecule has 0 atom stereocenters. The van der Waals surface area contributed by atoms with Crippen molar-refractivity contribution in [2.45, 2.75) is 39.3 Å². The molecule has 0 spiro atoms. The number of nitrogens with zero attached hydrogens (tertiary/aromatic N) is 4. The van der Waals surface area contributed by atoms with E-state index in [2.05, 4.69) is 25.9 Å². The lowest BCUT2D eigenvalue weighted by Crippen LogP contribution is -2.32. The fourth-order valence-corrected chi connectivity index (χ4v) is 4.13. The van der Waals surface area contributed by atoms with Crippen molar-refractivity contribution >= 4 is 44.8 Å². The number of rotatable bonds is 5. The first-order valence-corrected chi connectivity index (χ1v) is 11.7. The lowest BCUT2D eigenvalue weighted by atomic mass is 10.1. The van der Waals surface area contributed by atoms with E-state index in [4.69, 9.17) is 10.5 Å². The van der Waals surface area contributed by atoms with Gasteiger partial charge in [-0.2, -0.15) is 4.98 Å². The molecule has 2 heterocycles. The van der Waals surface area contributed by atoms with E-state index in [1.807, 2.05) is 45.0 Å². The van der Waals surface area contributed by atoms with Crippen LogP contribution in [0.15, 0.2) is 64.1 Å². The van der Waals surface area contributed by atoms with Crippen molar-refractivity contribution in [2.24, 2.45) is 0 Å². The molecule has 0 radical (unpaired) electrons. The van der Waals surface area contributed by atoms with Gasteiger partial charge in [-0.3, -0.25) is 14.2 Å². The van der Waals surface area contributed by atoms with Crippen LogP contribution in [0.5, 0.6) is 0 Å². The predicted octanol–water partition coefficient (Wildman–Crippen LogP) is 3.56. The number of ether oxygens (including phenoxy) is 1. The Bertz CT molecular complexity index is 1490. The van der Waals surface area contributed by atoms with Crippen LogP contribution in [-0.2, 0) is 22.5 Å². The molecule has 0 fully saturated rings. The van der Waals surface area contributed by atoms with Crippen LogP contribution in [0.25, 0.3) is 11.2 Å². The van der Waals surface area contributed by atoms with E-state index in [0.29, 0.717) is 16.8 Å². The first-order valence-electron chi connectivity index (χ1n) is 10.9. The number of nitrogens with two attached hydrogens (primary N) is 1. The highest BCUT2D eigenvalue weighted by molar-refractivity contribution is 9.10. The first-order chi connectivity index (χ1) is 16.5. The van der Waals surface area contributed by atoms with Gasteiger partial charge >= 0.3 is 11.7 Å². The summed E-state index contributed by atoms with van der Waals surface area (Å²) in [6.45, 7) is 5.77. The van der Waals surface area contributed by atoms with Gasteiger partial charge in [0.25, 0.3) is 5.91 Å². The minimum absolute atomic E-state index is 0.0908. The first kappa shape index (κ1) is 24.3. The normalized spacial score (nSPS) is 11.5. The van der Waals surface area contributed by atoms with Gasteiger partial charge in [0.15, 0.2) is 10.4 Å². The summed E-state index contributed by atoms with van der Waals surface area (Å²) in [5, 5.41) is 0. The van der Waals surface area contributed by atoms with Crippen LogP contribution in [0, 0.1) is 0 Å². The van der Waals surface area contributed by atoms with Gasteiger partial charge in [-0.05, 0) is 60.0 Å². The number of nitrogen functional groups attached to an aromatic ring is 1. The van der Waals surface area contributed by atoms with Crippen LogP contribution in [0.2, 0.25) is 0 Å². The van der Waals surface area contributed by atoms with E-state index in [0.717, 1.165) is 15.7 Å². The second-order valence-electron chi connectivity index (χ2n) is 9.01. The molecule has 4 aromatic rings. The number of imidazole rings is 1. The van der Waals surface area contributed by atoms with Gasteiger partial charge in [-0.1, -0.05) is 42.5 Å². The number of hydrogen-bond donors (Lipinski definition) is 1. The van der Waals surface area contributed by atoms with E-state index in [1.54, 1.807) is 34.9 Å². The number of carbonyl (C=O) groups is 2. The van der Waals surface area contributed by atoms with Gasteiger partial charge in [0.1, 0.15) is 16.9 Å². The quantitative estimate of drug-likeness (QED) is 0.305. The van der Waals surface area contributed by atoms with Gasteiger partial charge in [0.05, 0.1) is 13.0 Å². The van der Waals surface area contributed by atoms with Crippen molar-refractivity contribution in [3.05, 3.63) is 86.5 Å². The van der Waals surface area contributed by atoms with E-state index < -0.39 is 17.2 Å². The zero-order chi connectivity index (χ0) is 25.3. The lowest BCUT2D eigenvalue weighted by molar-refractivity contribution is -0.153. The van der Waals surface area contributed by atoms with Crippen LogP contribution in [0.4, 0.5) is 5.82 Å². The number of esters is 1. The lowest BCUT2D eigenvalue weighted by Gasteiger charge is -2.19. The molecule has 2 aromatic heterocycles. The third-order valence-corrected chi connectivity index (χ3v) is 5.70. The van der Waals surface area contributed by atoms with Gasteiger partial charge in [0.2, 0.25) is 0 Å². The number of halogens is 1. The zero-order valence-corrected chi connectivity index (χ0v) is 21.1. The van der Waals surface area contributed by atoms with E-state index in [1.165, 1.54) is 0 Å². The van der Waals surface area contributed by atoms with Crippen molar-refractivity contribution in [2.75, 3.05) is 5.73 Å². The van der Waals surface area contributed by atoms with Crippen molar-refractivity contribution in [3.8, 4) is 0 Å². The highest BCUT2D eigenvalue weighted by Gasteiger charge is 2.22. The predicted molar refractivity (Wildman–Crippen MR) is 135 cm³/mol. The molecule has 0 saturated carbocycles. The Labute approximate surface area is 209 Å². The minimum atomic E-state index is -0.795. The molecule has 9 nitrogen and oxygen atoms in total. The smallest absolute Gasteiger partial charge is 0.358 e. The summed E-state index contributed by atoms with van der Waals surface area (Å²) < 4.78 is 8.30. The maximum absolute atomic E-state index is 12.9. The number of anilines is 1. The molecule has 0 bridgehead atoms. The largest absolute Gasteiger partial charge is 0.460 e. The van der Waals surface area contributed by atoms with Crippen LogP contribution < -0.4 is 11.4 Å². The Morgan fingerprint density at radius 1 is 1.03 bits per heavy atom. The van der Waals surface area contributed by atoms with Crippen molar-refractivity contribution in [3.63, 3.8) is 0 Å². The molecular weight excluding hydrogens is 514 g/mol. The summed E-state index contributed by atoms with van der Waals surface area (Å²) in [5.74, 6) is -0.989. The Balaban J connectivity index is 1.67. The molecule has 0 aliphatic rings. The Hall–Kier alpha value is -3.79. The van der Waals surface area contributed by atoms with E-state index >= 15 is 0 Å². The van der Waals surface area contributed by atoms with Crippen molar-refractivity contribution in [1.82, 2.24) is 19.1 Å². The van der Waals surface area contributed by atoms with Gasteiger partial charge in [-0.15, -0.1) is 0 Å². The highest BCUT2D eigenvalue weighted by Crippen LogP contribution is 2.24. The molecule has 0 aliphatic heterocycles. The molecule has 180 valence electrons. The molecular formula is C25H24BrN5O4. The van der Waals surface area contributed by atoms with E-state index in [-0.39, 0.29) is 29.4 Å². The van der Waals surface area contributed by atoms with Crippen molar-refractivity contribution < 1.29 is 14.3 Å². The third-order valence-electron chi connectivity index (χ3n) is 5.10. The Morgan fingerprint density at radius 2 is 1.71 bits per heavy atom. The molecule has 4 rings (SSSR count). The molecule has 0 unspecified atom stereocenters. The maximum atomic E-state index is 12.9. The summed E-state index contributed by atoms with van der Waals surface area (Å²) in [5.41, 5.74) is 7.29. The fourth-order valence-electron chi connectivity index (χ4n) is 3.66. The molecule has 0 amide bonds. The third kappa shape index (κ3) is 5.32.